The smallest absolute Gasteiger partial charge is 0.155 e. The van der Waals surface area contributed by atoms with Crippen molar-refractivity contribution in [1.29, 1.82) is 0 Å². The Bertz CT molecular complexity index is 561. The van der Waals surface area contributed by atoms with Crippen LogP contribution in [0.1, 0.15) is 27.2 Å². The second kappa shape index (κ2) is 4.72. The summed E-state index contributed by atoms with van der Waals surface area (Å²) < 4.78 is 1.65. The number of hydrogen-bond acceptors (Lipinski definition) is 2. The quantitative estimate of drug-likeness (QED) is 0.783. The molecule has 0 unspecified atom stereocenters. The first-order valence-corrected chi connectivity index (χ1v) is 5.73. The highest BCUT2D eigenvalue weighted by atomic mass is 35.5. The Morgan fingerprint density at radius 2 is 2.18 bits per heavy atom. The van der Waals surface area contributed by atoms with E-state index in [0.29, 0.717) is 23.0 Å². The largest absolute Gasteiger partial charge is 0.298 e. The van der Waals surface area contributed by atoms with Crippen LogP contribution in [-0.4, -0.2) is 16.1 Å². The molecule has 0 aliphatic heterocycles. The van der Waals surface area contributed by atoms with Gasteiger partial charge in [0.15, 0.2) is 6.29 Å². The van der Waals surface area contributed by atoms with Crippen LogP contribution in [0.2, 0.25) is 5.15 Å². The number of carbonyl (C=O) groups is 1. The van der Waals surface area contributed by atoms with Crippen molar-refractivity contribution in [2.75, 3.05) is 0 Å². The van der Waals surface area contributed by atoms with Crippen LogP contribution in [0.5, 0.6) is 0 Å². The molecule has 1 heterocycles. The van der Waals surface area contributed by atoms with Crippen LogP contribution >= 0.6 is 11.6 Å². The lowest BCUT2D eigenvalue weighted by atomic mass is 10.1. The number of benzene rings is 1. The van der Waals surface area contributed by atoms with Crippen LogP contribution in [0.4, 0.5) is 0 Å². The molecule has 1 aromatic carbocycles. The van der Waals surface area contributed by atoms with Crippen LogP contribution < -0.4 is 0 Å². The molecule has 0 amide bonds. The summed E-state index contributed by atoms with van der Waals surface area (Å²) in [6, 6.07) is 8.13. The van der Waals surface area contributed by atoms with Gasteiger partial charge in [-0.25, -0.2) is 4.68 Å². The highest BCUT2D eigenvalue weighted by Crippen LogP contribution is 2.19. The molecule has 0 aliphatic rings. The second-order valence-corrected chi connectivity index (χ2v) is 4.41. The van der Waals surface area contributed by atoms with Crippen molar-refractivity contribution in [3.8, 4) is 0 Å². The SMILES string of the molecule is Cc1cccc(Cn2nc(C)c(C=O)c2Cl)c1. The maximum absolute atomic E-state index is 10.8. The Hall–Kier alpha value is -1.61. The molecule has 1 aromatic heterocycles. The topological polar surface area (TPSA) is 34.9 Å². The Kier molecular flexibility index (Phi) is 3.29. The van der Waals surface area contributed by atoms with Crippen molar-refractivity contribution in [1.82, 2.24) is 9.78 Å². The molecule has 0 fully saturated rings. The molecule has 0 spiro atoms. The van der Waals surface area contributed by atoms with E-state index >= 15 is 0 Å². The molecule has 0 saturated carbocycles. The van der Waals surface area contributed by atoms with E-state index < -0.39 is 0 Å². The molecule has 4 heteroatoms. The lowest BCUT2D eigenvalue weighted by Gasteiger charge is -2.04. The molecule has 0 N–H and O–H groups in total. The number of nitrogens with zero attached hydrogens (tertiary/aromatic N) is 2. The van der Waals surface area contributed by atoms with E-state index in [1.54, 1.807) is 11.6 Å². The lowest BCUT2D eigenvalue weighted by Crippen LogP contribution is -2.02. The van der Waals surface area contributed by atoms with Gasteiger partial charge >= 0.3 is 0 Å². The van der Waals surface area contributed by atoms with Crippen molar-refractivity contribution in [2.45, 2.75) is 20.4 Å². The van der Waals surface area contributed by atoms with Crippen molar-refractivity contribution < 1.29 is 4.79 Å². The van der Waals surface area contributed by atoms with Crippen molar-refractivity contribution in [3.05, 3.63) is 51.8 Å². The fourth-order valence-corrected chi connectivity index (χ4v) is 2.07. The fourth-order valence-electron chi connectivity index (χ4n) is 1.79. The van der Waals surface area contributed by atoms with Gasteiger partial charge < -0.3 is 0 Å². The van der Waals surface area contributed by atoms with Gasteiger partial charge in [0.05, 0.1) is 17.8 Å². The van der Waals surface area contributed by atoms with Crippen molar-refractivity contribution in [2.24, 2.45) is 0 Å². The van der Waals surface area contributed by atoms with E-state index in [4.69, 9.17) is 11.6 Å². The molecule has 0 saturated heterocycles. The van der Waals surface area contributed by atoms with Gasteiger partial charge in [-0.3, -0.25) is 4.79 Å². The monoisotopic (exact) mass is 248 g/mol. The summed E-state index contributed by atoms with van der Waals surface area (Å²) in [4.78, 5) is 10.8. The standard InChI is InChI=1S/C13H13ClN2O/c1-9-4-3-5-11(6-9)7-16-13(14)12(8-17)10(2)15-16/h3-6,8H,7H2,1-2H3. The van der Waals surface area contributed by atoms with Crippen LogP contribution in [-0.2, 0) is 6.54 Å². The summed E-state index contributed by atoms with van der Waals surface area (Å²) in [5.41, 5.74) is 3.45. The van der Waals surface area contributed by atoms with Crippen LogP contribution in [0, 0.1) is 13.8 Å². The maximum atomic E-state index is 10.8. The summed E-state index contributed by atoms with van der Waals surface area (Å²) in [5, 5.41) is 4.66. The number of aromatic nitrogens is 2. The predicted octanol–water partition coefficient (Wildman–Crippen LogP) is 3.01. The van der Waals surface area contributed by atoms with Gasteiger partial charge in [0.2, 0.25) is 0 Å². The van der Waals surface area contributed by atoms with Crippen molar-refractivity contribution in [3.63, 3.8) is 0 Å². The van der Waals surface area contributed by atoms with Gasteiger partial charge in [0, 0.05) is 0 Å². The number of halogens is 1. The number of carbonyl (C=O) groups excluding carboxylic acids is 1. The number of rotatable bonds is 3. The van der Waals surface area contributed by atoms with E-state index in [9.17, 15) is 4.79 Å². The van der Waals surface area contributed by atoms with Crippen LogP contribution in [0.3, 0.4) is 0 Å². The summed E-state index contributed by atoms with van der Waals surface area (Å²) in [6.45, 7) is 4.40. The summed E-state index contributed by atoms with van der Waals surface area (Å²) >= 11 is 6.09. The van der Waals surface area contributed by atoms with Crippen LogP contribution in [0.15, 0.2) is 24.3 Å². The number of aldehydes is 1. The van der Waals surface area contributed by atoms with Gasteiger partial charge in [-0.05, 0) is 19.4 Å². The normalized spacial score (nSPS) is 10.5. The molecular weight excluding hydrogens is 236 g/mol. The van der Waals surface area contributed by atoms with E-state index in [1.165, 1.54) is 5.56 Å². The number of aryl methyl sites for hydroxylation is 2. The molecule has 3 nitrogen and oxygen atoms in total. The molecule has 0 radical (unpaired) electrons. The highest BCUT2D eigenvalue weighted by Gasteiger charge is 2.12. The van der Waals surface area contributed by atoms with E-state index in [2.05, 4.69) is 11.2 Å². The average Bonchev–Trinajstić information content (AvgIpc) is 2.54. The molecular formula is C13H13ClN2O. The Labute approximate surface area is 105 Å². The predicted molar refractivity (Wildman–Crippen MR) is 67.6 cm³/mol. The first kappa shape index (κ1) is 11.9. The van der Waals surface area contributed by atoms with Crippen molar-refractivity contribution >= 4 is 17.9 Å². The first-order chi connectivity index (χ1) is 8.11. The number of hydrogen-bond donors (Lipinski definition) is 0. The van der Waals surface area contributed by atoms with Gasteiger partial charge in [0.25, 0.3) is 0 Å². The fraction of sp³-hybridized carbons (Fsp3) is 0.231. The average molecular weight is 249 g/mol. The van der Waals surface area contributed by atoms with Gasteiger partial charge in [0.1, 0.15) is 5.15 Å². The van der Waals surface area contributed by atoms with Gasteiger partial charge in [-0.15, -0.1) is 0 Å². The van der Waals surface area contributed by atoms with Gasteiger partial charge in [-0.2, -0.15) is 5.10 Å². The minimum atomic E-state index is 0.402. The van der Waals surface area contributed by atoms with Gasteiger partial charge in [-0.1, -0.05) is 41.4 Å². The van der Waals surface area contributed by atoms with E-state index in [-0.39, 0.29) is 0 Å². The zero-order valence-corrected chi connectivity index (χ0v) is 10.5. The third-order valence-corrected chi connectivity index (χ3v) is 3.04. The summed E-state index contributed by atoms with van der Waals surface area (Å²) in [6.07, 6.45) is 0.747. The lowest BCUT2D eigenvalue weighted by molar-refractivity contribution is 0.112. The summed E-state index contributed by atoms with van der Waals surface area (Å²) in [5.74, 6) is 0. The Balaban J connectivity index is 2.33. The Morgan fingerprint density at radius 3 is 2.76 bits per heavy atom. The molecule has 0 aliphatic carbocycles. The van der Waals surface area contributed by atoms with E-state index in [0.717, 1.165) is 11.8 Å². The maximum Gasteiger partial charge on any atom is 0.155 e. The summed E-state index contributed by atoms with van der Waals surface area (Å²) in [7, 11) is 0. The zero-order valence-electron chi connectivity index (χ0n) is 9.77. The Morgan fingerprint density at radius 1 is 1.41 bits per heavy atom. The first-order valence-electron chi connectivity index (χ1n) is 5.35. The minimum Gasteiger partial charge on any atom is -0.298 e. The molecule has 2 rings (SSSR count). The van der Waals surface area contributed by atoms with E-state index in [1.807, 2.05) is 25.1 Å². The highest BCUT2D eigenvalue weighted by molar-refractivity contribution is 6.32. The zero-order chi connectivity index (χ0) is 12.4. The minimum absolute atomic E-state index is 0.402. The molecule has 2 aromatic rings. The third-order valence-electron chi connectivity index (χ3n) is 2.64. The second-order valence-electron chi connectivity index (χ2n) is 4.05. The molecule has 88 valence electrons. The molecule has 17 heavy (non-hydrogen) atoms. The third kappa shape index (κ3) is 2.39. The molecule has 0 bridgehead atoms. The van der Waals surface area contributed by atoms with Crippen LogP contribution in [0.25, 0.3) is 0 Å². The molecule has 0 atom stereocenters.